The van der Waals surface area contributed by atoms with E-state index in [1.807, 2.05) is 11.9 Å². The number of likely N-dealkylation sites (N-methyl/N-ethyl adjacent to an activating group) is 1. The molecule has 3 N–H and O–H groups in total. The third-order valence-corrected chi connectivity index (χ3v) is 2.90. The maximum absolute atomic E-state index is 8.52. The second kappa shape index (κ2) is 5.63. The van der Waals surface area contributed by atoms with Gasteiger partial charge in [0.15, 0.2) is 5.84 Å². The van der Waals surface area contributed by atoms with Crippen LogP contribution >= 0.6 is 0 Å². The zero-order valence-electron chi connectivity index (χ0n) is 10.3. The number of hydrogen-bond acceptors (Lipinski definition) is 6. The predicted octanol–water partition coefficient (Wildman–Crippen LogP) is 0.186. The molecule has 18 heavy (non-hydrogen) atoms. The Labute approximate surface area is 105 Å². The normalized spacial score (nSPS) is 20.1. The van der Waals surface area contributed by atoms with Crippen molar-refractivity contribution in [3.63, 3.8) is 0 Å². The van der Waals surface area contributed by atoms with Crippen LogP contribution in [-0.4, -0.2) is 47.3 Å². The Balaban J connectivity index is 1.99. The van der Waals surface area contributed by atoms with Crippen LogP contribution in [0.15, 0.2) is 17.5 Å². The van der Waals surface area contributed by atoms with Crippen molar-refractivity contribution in [2.75, 3.05) is 25.1 Å². The van der Waals surface area contributed by atoms with Crippen molar-refractivity contribution in [1.29, 1.82) is 0 Å². The van der Waals surface area contributed by atoms with E-state index < -0.39 is 0 Å². The minimum absolute atomic E-state index is 0.0455. The van der Waals surface area contributed by atoms with Gasteiger partial charge in [-0.15, -0.1) is 0 Å². The van der Waals surface area contributed by atoms with E-state index in [1.54, 1.807) is 6.20 Å². The maximum atomic E-state index is 8.52. The number of oxime groups is 1. The van der Waals surface area contributed by atoms with Gasteiger partial charge < -0.3 is 20.6 Å². The van der Waals surface area contributed by atoms with Gasteiger partial charge in [-0.2, -0.15) is 0 Å². The number of anilines is 1. The second-order valence-corrected chi connectivity index (χ2v) is 4.26. The number of nitrogens with two attached hydrogens (primary N) is 1. The topological polar surface area (TPSA) is 96.9 Å². The molecular weight excluding hydrogens is 234 g/mol. The lowest BCUT2D eigenvalue weighted by atomic mass is 10.2. The molecule has 1 aromatic rings. The summed E-state index contributed by atoms with van der Waals surface area (Å²) in [6.07, 6.45) is 5.55. The molecule has 0 bridgehead atoms. The van der Waals surface area contributed by atoms with Gasteiger partial charge >= 0.3 is 0 Å². The summed E-state index contributed by atoms with van der Waals surface area (Å²) in [7, 11) is 1.94. The molecule has 2 rings (SSSR count). The Morgan fingerprint density at radius 3 is 3.00 bits per heavy atom. The van der Waals surface area contributed by atoms with Crippen molar-refractivity contribution in [2.45, 2.75) is 18.9 Å². The van der Waals surface area contributed by atoms with E-state index in [9.17, 15) is 0 Å². The summed E-state index contributed by atoms with van der Waals surface area (Å²) in [4.78, 5) is 10.3. The largest absolute Gasteiger partial charge is 0.409 e. The summed E-state index contributed by atoms with van der Waals surface area (Å²) in [6.45, 7) is 1.63. The van der Waals surface area contributed by atoms with Crippen LogP contribution in [0.5, 0.6) is 0 Å². The predicted molar refractivity (Wildman–Crippen MR) is 66.8 cm³/mol. The van der Waals surface area contributed by atoms with E-state index >= 15 is 0 Å². The average molecular weight is 251 g/mol. The molecule has 0 aromatic carbocycles. The second-order valence-electron chi connectivity index (χ2n) is 4.26. The fourth-order valence-corrected chi connectivity index (χ4v) is 1.89. The summed E-state index contributed by atoms with van der Waals surface area (Å²) in [6, 6.07) is 0. The molecule has 1 aromatic heterocycles. The lowest BCUT2D eigenvalue weighted by Gasteiger charge is -2.21. The van der Waals surface area contributed by atoms with Crippen molar-refractivity contribution in [3.05, 3.63) is 18.1 Å². The van der Waals surface area contributed by atoms with Crippen LogP contribution in [0.3, 0.4) is 0 Å². The minimum atomic E-state index is -0.0455. The standard InChI is InChI=1S/C11H17N5O2/c1-16(7-8-3-2-4-18-8)10-6-13-9(5-14-10)11(12)15-17/h5-6,8,17H,2-4,7H2,1H3,(H2,12,15). The third kappa shape index (κ3) is 2.86. The van der Waals surface area contributed by atoms with Gasteiger partial charge in [0.05, 0.1) is 18.5 Å². The fourth-order valence-electron chi connectivity index (χ4n) is 1.89. The molecule has 0 aliphatic carbocycles. The van der Waals surface area contributed by atoms with Crippen molar-refractivity contribution in [1.82, 2.24) is 9.97 Å². The van der Waals surface area contributed by atoms with E-state index in [-0.39, 0.29) is 11.9 Å². The number of ether oxygens (including phenoxy) is 1. The van der Waals surface area contributed by atoms with Crippen molar-refractivity contribution in [2.24, 2.45) is 10.9 Å². The van der Waals surface area contributed by atoms with Gasteiger partial charge in [-0.25, -0.2) is 9.97 Å². The van der Waals surface area contributed by atoms with Crippen LogP contribution in [0.25, 0.3) is 0 Å². The van der Waals surface area contributed by atoms with Crippen molar-refractivity contribution < 1.29 is 9.94 Å². The molecule has 98 valence electrons. The molecule has 1 atom stereocenters. The van der Waals surface area contributed by atoms with E-state index in [2.05, 4.69) is 15.1 Å². The van der Waals surface area contributed by atoms with E-state index in [0.29, 0.717) is 5.69 Å². The Morgan fingerprint density at radius 1 is 1.61 bits per heavy atom. The lowest BCUT2D eigenvalue weighted by molar-refractivity contribution is 0.116. The Kier molecular flexibility index (Phi) is 3.93. The highest BCUT2D eigenvalue weighted by Gasteiger charge is 2.18. The summed E-state index contributed by atoms with van der Waals surface area (Å²) in [5.41, 5.74) is 5.77. The van der Waals surface area contributed by atoms with E-state index in [0.717, 1.165) is 31.8 Å². The van der Waals surface area contributed by atoms with Gasteiger partial charge in [0.25, 0.3) is 0 Å². The number of nitrogens with zero attached hydrogens (tertiary/aromatic N) is 4. The van der Waals surface area contributed by atoms with Crippen LogP contribution in [0.4, 0.5) is 5.82 Å². The maximum Gasteiger partial charge on any atom is 0.190 e. The highest BCUT2D eigenvalue weighted by Crippen LogP contribution is 2.15. The van der Waals surface area contributed by atoms with Crippen molar-refractivity contribution >= 4 is 11.7 Å². The molecule has 2 heterocycles. The molecule has 7 nitrogen and oxygen atoms in total. The highest BCUT2D eigenvalue weighted by molar-refractivity contribution is 5.94. The zero-order valence-corrected chi connectivity index (χ0v) is 10.3. The van der Waals surface area contributed by atoms with Gasteiger partial charge in [0.1, 0.15) is 11.5 Å². The molecule has 1 aliphatic heterocycles. The molecule has 0 amide bonds. The first-order chi connectivity index (χ1) is 8.70. The number of hydrogen-bond donors (Lipinski definition) is 2. The quantitative estimate of drug-likeness (QED) is 0.343. The number of amidine groups is 1. The Hall–Kier alpha value is -1.89. The summed E-state index contributed by atoms with van der Waals surface area (Å²) in [5, 5.41) is 11.4. The SMILES string of the molecule is CN(CC1CCCO1)c1cnc(C(N)=NO)cn1. The zero-order chi connectivity index (χ0) is 13.0. The molecule has 0 spiro atoms. The Morgan fingerprint density at radius 2 is 2.44 bits per heavy atom. The molecule has 0 saturated carbocycles. The molecule has 1 fully saturated rings. The summed E-state index contributed by atoms with van der Waals surface area (Å²) in [5.74, 6) is 0.691. The Bertz CT molecular complexity index is 414. The molecule has 1 saturated heterocycles. The third-order valence-electron chi connectivity index (χ3n) is 2.90. The first kappa shape index (κ1) is 12.6. The van der Waals surface area contributed by atoms with Crippen LogP contribution in [0, 0.1) is 0 Å². The van der Waals surface area contributed by atoms with Crippen LogP contribution in [0.2, 0.25) is 0 Å². The number of rotatable bonds is 4. The van der Waals surface area contributed by atoms with Crippen LogP contribution < -0.4 is 10.6 Å². The molecular formula is C11H17N5O2. The van der Waals surface area contributed by atoms with Gasteiger partial charge in [-0.05, 0) is 12.8 Å². The highest BCUT2D eigenvalue weighted by atomic mass is 16.5. The van der Waals surface area contributed by atoms with E-state index in [4.69, 9.17) is 15.7 Å². The molecule has 1 aliphatic rings. The van der Waals surface area contributed by atoms with E-state index in [1.165, 1.54) is 6.20 Å². The molecule has 1 unspecified atom stereocenters. The molecule has 0 radical (unpaired) electrons. The van der Waals surface area contributed by atoms with Gasteiger partial charge in [-0.3, -0.25) is 0 Å². The first-order valence-corrected chi connectivity index (χ1v) is 5.83. The minimum Gasteiger partial charge on any atom is -0.409 e. The van der Waals surface area contributed by atoms with Gasteiger partial charge in [0.2, 0.25) is 0 Å². The fraction of sp³-hybridized carbons (Fsp3) is 0.545. The summed E-state index contributed by atoms with van der Waals surface area (Å²) < 4.78 is 5.56. The number of aromatic nitrogens is 2. The first-order valence-electron chi connectivity index (χ1n) is 5.83. The van der Waals surface area contributed by atoms with Crippen LogP contribution in [0.1, 0.15) is 18.5 Å². The van der Waals surface area contributed by atoms with Crippen LogP contribution in [-0.2, 0) is 4.74 Å². The monoisotopic (exact) mass is 251 g/mol. The average Bonchev–Trinajstić information content (AvgIpc) is 2.91. The smallest absolute Gasteiger partial charge is 0.190 e. The van der Waals surface area contributed by atoms with Gasteiger partial charge in [0, 0.05) is 20.2 Å². The van der Waals surface area contributed by atoms with Gasteiger partial charge in [-0.1, -0.05) is 5.16 Å². The lowest BCUT2D eigenvalue weighted by Crippen LogP contribution is -2.29. The van der Waals surface area contributed by atoms with Crippen molar-refractivity contribution in [3.8, 4) is 0 Å². The summed E-state index contributed by atoms with van der Waals surface area (Å²) >= 11 is 0. The molecule has 7 heteroatoms.